The molecule has 0 aliphatic carbocycles. The lowest BCUT2D eigenvalue weighted by molar-refractivity contribution is -0.119. The number of anilines is 2. The standard InChI is InChI=1S/C24H22FN5O.C2H6/c1-12-11-17(25)9-10-18(12)13(2)21-28-20(27)19-22(29-21)30-23(31)24(19,4)16-7-5-15(6-8-16)14(3)26;1-2/h5-11,26H,2H2,1,3-4H3,(H3,27,28,29,30,31);1-2H3. The largest absolute Gasteiger partial charge is 0.383 e. The Balaban J connectivity index is 0.00000149. The van der Waals surface area contributed by atoms with E-state index < -0.39 is 5.41 Å². The first-order valence-corrected chi connectivity index (χ1v) is 10.7. The SMILES string of the molecule is C=C(c1nc(N)c2c(n1)NC(=O)C2(C)c1ccc(C(C)=N)cc1)c1ccc(F)cc1C.CC. The van der Waals surface area contributed by atoms with Crippen LogP contribution < -0.4 is 11.1 Å². The molecule has 0 bridgehead atoms. The molecule has 1 unspecified atom stereocenters. The molecule has 0 spiro atoms. The quantitative estimate of drug-likeness (QED) is 0.478. The third kappa shape index (κ3) is 4.02. The van der Waals surface area contributed by atoms with E-state index in [2.05, 4.69) is 21.9 Å². The third-order valence-corrected chi connectivity index (χ3v) is 5.80. The number of nitrogens with two attached hydrogens (primary N) is 1. The summed E-state index contributed by atoms with van der Waals surface area (Å²) >= 11 is 0. The molecule has 33 heavy (non-hydrogen) atoms. The van der Waals surface area contributed by atoms with Gasteiger partial charge in [-0.3, -0.25) is 4.79 Å². The first-order valence-electron chi connectivity index (χ1n) is 10.7. The third-order valence-electron chi connectivity index (χ3n) is 5.80. The lowest BCUT2D eigenvalue weighted by Gasteiger charge is -2.24. The Kier molecular flexibility index (Phi) is 6.44. The molecule has 3 aromatic rings. The Morgan fingerprint density at radius 3 is 2.36 bits per heavy atom. The Morgan fingerprint density at radius 1 is 1.15 bits per heavy atom. The minimum Gasteiger partial charge on any atom is -0.383 e. The number of carbonyl (C=O) groups excluding carboxylic acids is 1. The van der Waals surface area contributed by atoms with E-state index in [-0.39, 0.29) is 23.4 Å². The zero-order valence-corrected chi connectivity index (χ0v) is 19.5. The van der Waals surface area contributed by atoms with Crippen LogP contribution in [0.25, 0.3) is 5.57 Å². The average Bonchev–Trinajstić information content (AvgIpc) is 3.06. The minimum absolute atomic E-state index is 0.175. The van der Waals surface area contributed by atoms with Crippen LogP contribution in [0.15, 0.2) is 49.0 Å². The number of aryl methyl sites for hydroxylation is 1. The second-order valence-electron chi connectivity index (χ2n) is 7.88. The van der Waals surface area contributed by atoms with Crippen molar-refractivity contribution in [3.05, 3.63) is 88.5 Å². The average molecular weight is 446 g/mol. The molecule has 4 rings (SSSR count). The van der Waals surface area contributed by atoms with Gasteiger partial charge >= 0.3 is 0 Å². The summed E-state index contributed by atoms with van der Waals surface area (Å²) in [4.78, 5) is 22.0. The van der Waals surface area contributed by atoms with E-state index in [0.717, 1.165) is 11.1 Å². The van der Waals surface area contributed by atoms with Crippen molar-refractivity contribution in [3.63, 3.8) is 0 Å². The molecule has 1 aliphatic heterocycles. The van der Waals surface area contributed by atoms with Gasteiger partial charge in [0, 0.05) is 11.3 Å². The van der Waals surface area contributed by atoms with Crippen LogP contribution in [0.4, 0.5) is 16.0 Å². The Bertz CT molecular complexity index is 1270. The van der Waals surface area contributed by atoms with E-state index in [1.807, 2.05) is 26.0 Å². The second kappa shape index (κ2) is 8.94. The molecule has 0 saturated heterocycles. The summed E-state index contributed by atoms with van der Waals surface area (Å²) in [6, 6.07) is 11.6. The Hall–Kier alpha value is -3.87. The van der Waals surface area contributed by atoms with Gasteiger partial charge in [0.1, 0.15) is 22.9 Å². The zero-order chi connectivity index (χ0) is 24.5. The van der Waals surface area contributed by atoms with Crippen molar-refractivity contribution in [2.75, 3.05) is 11.1 Å². The van der Waals surface area contributed by atoms with Crippen LogP contribution in [0.3, 0.4) is 0 Å². The summed E-state index contributed by atoms with van der Waals surface area (Å²) in [5, 5.41) is 10.6. The highest BCUT2D eigenvalue weighted by atomic mass is 19.1. The van der Waals surface area contributed by atoms with Crippen LogP contribution in [0.2, 0.25) is 0 Å². The number of halogens is 1. The fourth-order valence-electron chi connectivity index (χ4n) is 3.96. The van der Waals surface area contributed by atoms with Crippen LogP contribution >= 0.6 is 0 Å². The molecule has 0 radical (unpaired) electrons. The number of benzene rings is 2. The van der Waals surface area contributed by atoms with Gasteiger partial charge in [-0.15, -0.1) is 0 Å². The van der Waals surface area contributed by atoms with Crippen LogP contribution in [0.1, 0.15) is 61.3 Å². The fourth-order valence-corrected chi connectivity index (χ4v) is 3.96. The van der Waals surface area contributed by atoms with Gasteiger partial charge in [-0.2, -0.15) is 0 Å². The lowest BCUT2D eigenvalue weighted by atomic mass is 9.77. The highest BCUT2D eigenvalue weighted by Gasteiger charge is 2.47. The molecular weight excluding hydrogens is 417 g/mol. The van der Waals surface area contributed by atoms with E-state index in [1.165, 1.54) is 12.1 Å². The summed E-state index contributed by atoms with van der Waals surface area (Å²) in [6.45, 7) is 13.3. The molecule has 0 saturated carbocycles. The maximum atomic E-state index is 13.5. The summed E-state index contributed by atoms with van der Waals surface area (Å²) in [6.07, 6.45) is 0. The number of nitrogen functional groups attached to an aromatic ring is 1. The number of hydrogen-bond donors (Lipinski definition) is 3. The highest BCUT2D eigenvalue weighted by molar-refractivity contribution is 6.09. The number of amides is 1. The predicted octanol–water partition coefficient (Wildman–Crippen LogP) is 5.24. The van der Waals surface area contributed by atoms with Gasteiger partial charge in [0.05, 0.1) is 5.56 Å². The van der Waals surface area contributed by atoms with E-state index in [9.17, 15) is 9.18 Å². The summed E-state index contributed by atoms with van der Waals surface area (Å²) in [7, 11) is 0. The molecule has 6 nitrogen and oxygen atoms in total. The molecule has 4 N–H and O–H groups in total. The van der Waals surface area contributed by atoms with Crippen molar-refractivity contribution in [2.45, 2.75) is 40.0 Å². The van der Waals surface area contributed by atoms with Crippen molar-refractivity contribution in [3.8, 4) is 0 Å². The van der Waals surface area contributed by atoms with E-state index in [1.54, 1.807) is 39.0 Å². The van der Waals surface area contributed by atoms with Crippen molar-refractivity contribution >= 4 is 28.8 Å². The monoisotopic (exact) mass is 445 g/mol. The molecule has 7 heteroatoms. The van der Waals surface area contributed by atoms with Crippen molar-refractivity contribution < 1.29 is 9.18 Å². The lowest BCUT2D eigenvalue weighted by Crippen LogP contribution is -2.33. The smallest absolute Gasteiger partial charge is 0.240 e. The van der Waals surface area contributed by atoms with Crippen LogP contribution in [0.5, 0.6) is 0 Å². The van der Waals surface area contributed by atoms with Gasteiger partial charge < -0.3 is 16.5 Å². The van der Waals surface area contributed by atoms with Crippen molar-refractivity contribution in [1.29, 1.82) is 5.41 Å². The van der Waals surface area contributed by atoms with Crippen molar-refractivity contribution in [1.82, 2.24) is 9.97 Å². The van der Waals surface area contributed by atoms with Crippen LogP contribution in [-0.4, -0.2) is 21.6 Å². The molecule has 2 aromatic carbocycles. The summed E-state index contributed by atoms with van der Waals surface area (Å²) in [5.74, 6) is 0.182. The summed E-state index contributed by atoms with van der Waals surface area (Å²) in [5.41, 5.74) is 9.58. The number of nitrogens with zero attached hydrogens (tertiary/aromatic N) is 2. The molecule has 0 fully saturated rings. The molecule has 170 valence electrons. The number of nitrogens with one attached hydrogen (secondary N) is 2. The molecule has 1 aromatic heterocycles. The van der Waals surface area contributed by atoms with Gasteiger partial charge in [-0.1, -0.05) is 50.8 Å². The molecule has 1 aliphatic rings. The zero-order valence-electron chi connectivity index (χ0n) is 19.5. The van der Waals surface area contributed by atoms with Gasteiger partial charge in [-0.25, -0.2) is 14.4 Å². The number of hydrogen-bond acceptors (Lipinski definition) is 5. The number of fused-ring (bicyclic) bond motifs is 1. The van der Waals surface area contributed by atoms with Crippen LogP contribution in [0, 0.1) is 18.2 Å². The molecular formula is C26H28FN5O. The molecule has 2 heterocycles. The summed E-state index contributed by atoms with van der Waals surface area (Å²) < 4.78 is 13.5. The maximum Gasteiger partial charge on any atom is 0.240 e. The van der Waals surface area contributed by atoms with Crippen molar-refractivity contribution in [2.24, 2.45) is 0 Å². The van der Waals surface area contributed by atoms with Gasteiger partial charge in [-0.05, 0) is 55.2 Å². The van der Waals surface area contributed by atoms with E-state index in [4.69, 9.17) is 11.1 Å². The van der Waals surface area contributed by atoms with E-state index in [0.29, 0.717) is 33.8 Å². The number of rotatable bonds is 4. The highest BCUT2D eigenvalue weighted by Crippen LogP contribution is 2.44. The van der Waals surface area contributed by atoms with E-state index >= 15 is 0 Å². The van der Waals surface area contributed by atoms with Gasteiger partial charge in [0.15, 0.2) is 5.82 Å². The van der Waals surface area contributed by atoms with Gasteiger partial charge in [0.25, 0.3) is 0 Å². The van der Waals surface area contributed by atoms with Crippen LogP contribution in [-0.2, 0) is 10.2 Å². The molecule has 1 amide bonds. The van der Waals surface area contributed by atoms with Gasteiger partial charge in [0.2, 0.25) is 5.91 Å². The topological polar surface area (TPSA) is 105 Å². The number of carbonyl (C=O) groups is 1. The number of aromatic nitrogens is 2. The molecule has 1 atom stereocenters. The minimum atomic E-state index is -1.07. The first kappa shape index (κ1) is 23.8. The first-order chi connectivity index (χ1) is 15.6. The fraction of sp³-hybridized carbons (Fsp3) is 0.231. The Morgan fingerprint density at radius 2 is 1.79 bits per heavy atom. The maximum absolute atomic E-state index is 13.5. The predicted molar refractivity (Wildman–Crippen MR) is 131 cm³/mol. The second-order valence-corrected chi connectivity index (χ2v) is 7.88. The normalized spacial score (nSPS) is 16.4. The Labute approximate surface area is 193 Å².